The predicted molar refractivity (Wildman–Crippen MR) is 76.5 cm³/mol. The molecule has 0 saturated carbocycles. The van der Waals surface area contributed by atoms with Crippen LogP contribution in [0.3, 0.4) is 0 Å². The van der Waals surface area contributed by atoms with Gasteiger partial charge in [-0.15, -0.1) is 0 Å². The Hall–Kier alpha value is -1.84. The largest absolute Gasteiger partial charge is 0.466 e. The Morgan fingerprint density at radius 2 is 1.65 bits per heavy atom. The lowest BCUT2D eigenvalue weighted by Gasteiger charge is -2.10. The SMILES string of the molecule is CCOC(=O)CCc1ccc(C)cc1CC(=O)OCC. The first-order valence-corrected chi connectivity index (χ1v) is 6.96. The van der Waals surface area contributed by atoms with Gasteiger partial charge in [-0.3, -0.25) is 9.59 Å². The second-order valence-corrected chi connectivity index (χ2v) is 4.56. The maximum absolute atomic E-state index is 11.6. The molecule has 0 amide bonds. The van der Waals surface area contributed by atoms with E-state index in [0.717, 1.165) is 16.7 Å². The summed E-state index contributed by atoms with van der Waals surface area (Å²) in [5, 5.41) is 0. The number of ether oxygens (including phenoxy) is 2. The van der Waals surface area contributed by atoms with E-state index in [1.54, 1.807) is 13.8 Å². The van der Waals surface area contributed by atoms with Crippen LogP contribution in [0.2, 0.25) is 0 Å². The minimum atomic E-state index is -0.240. The summed E-state index contributed by atoms with van der Waals surface area (Å²) < 4.78 is 9.89. The van der Waals surface area contributed by atoms with Crippen LogP contribution >= 0.6 is 0 Å². The zero-order valence-electron chi connectivity index (χ0n) is 12.4. The molecule has 1 aromatic rings. The molecule has 0 fully saturated rings. The van der Waals surface area contributed by atoms with Crippen molar-refractivity contribution in [3.05, 3.63) is 34.9 Å². The molecule has 0 radical (unpaired) electrons. The van der Waals surface area contributed by atoms with E-state index >= 15 is 0 Å². The molecule has 0 aliphatic carbocycles. The maximum Gasteiger partial charge on any atom is 0.310 e. The van der Waals surface area contributed by atoms with Crippen LogP contribution in [0.1, 0.15) is 37.0 Å². The molecule has 4 heteroatoms. The molecule has 0 spiro atoms. The number of hydrogen-bond donors (Lipinski definition) is 0. The lowest BCUT2D eigenvalue weighted by atomic mass is 9.98. The molecule has 0 aromatic heterocycles. The lowest BCUT2D eigenvalue weighted by molar-refractivity contribution is -0.143. The molecule has 0 heterocycles. The van der Waals surface area contributed by atoms with E-state index in [1.165, 1.54) is 0 Å². The van der Waals surface area contributed by atoms with E-state index in [-0.39, 0.29) is 18.4 Å². The third-order valence-corrected chi connectivity index (χ3v) is 2.91. The van der Waals surface area contributed by atoms with Crippen molar-refractivity contribution in [2.45, 2.75) is 40.0 Å². The summed E-state index contributed by atoms with van der Waals surface area (Å²) in [7, 11) is 0. The van der Waals surface area contributed by atoms with Crippen LogP contribution in [-0.4, -0.2) is 25.2 Å². The Kier molecular flexibility index (Phi) is 6.77. The van der Waals surface area contributed by atoms with Crippen LogP contribution < -0.4 is 0 Å². The van der Waals surface area contributed by atoms with Gasteiger partial charge in [0, 0.05) is 6.42 Å². The Balaban J connectivity index is 2.74. The van der Waals surface area contributed by atoms with Crippen molar-refractivity contribution >= 4 is 11.9 Å². The standard InChI is InChI=1S/C16H22O4/c1-4-19-15(17)9-8-13-7-6-12(3)10-14(13)11-16(18)20-5-2/h6-7,10H,4-5,8-9,11H2,1-3H3. The van der Waals surface area contributed by atoms with Crippen molar-refractivity contribution in [1.29, 1.82) is 0 Å². The fourth-order valence-electron chi connectivity index (χ4n) is 2.00. The van der Waals surface area contributed by atoms with E-state index < -0.39 is 0 Å². The summed E-state index contributed by atoms with van der Waals surface area (Å²) in [5.41, 5.74) is 3.01. The van der Waals surface area contributed by atoms with Gasteiger partial charge in [-0.25, -0.2) is 0 Å². The molecule has 0 aliphatic heterocycles. The summed E-state index contributed by atoms with van der Waals surface area (Å²) >= 11 is 0. The van der Waals surface area contributed by atoms with E-state index in [9.17, 15) is 9.59 Å². The summed E-state index contributed by atoms with van der Waals surface area (Å²) in [6, 6.07) is 5.91. The van der Waals surface area contributed by atoms with Gasteiger partial charge in [0.25, 0.3) is 0 Å². The quantitative estimate of drug-likeness (QED) is 0.719. The highest BCUT2D eigenvalue weighted by Crippen LogP contribution is 2.15. The van der Waals surface area contributed by atoms with Crippen molar-refractivity contribution in [1.82, 2.24) is 0 Å². The van der Waals surface area contributed by atoms with Crippen molar-refractivity contribution in [2.75, 3.05) is 13.2 Å². The number of hydrogen-bond acceptors (Lipinski definition) is 4. The van der Waals surface area contributed by atoms with Gasteiger partial charge < -0.3 is 9.47 Å². The number of carbonyl (C=O) groups is 2. The van der Waals surface area contributed by atoms with E-state index in [0.29, 0.717) is 26.1 Å². The first kappa shape index (κ1) is 16.2. The molecule has 20 heavy (non-hydrogen) atoms. The Morgan fingerprint density at radius 3 is 2.30 bits per heavy atom. The van der Waals surface area contributed by atoms with Gasteiger partial charge in [0.1, 0.15) is 0 Å². The van der Waals surface area contributed by atoms with Crippen molar-refractivity contribution in [2.24, 2.45) is 0 Å². The van der Waals surface area contributed by atoms with Crippen molar-refractivity contribution in [3.63, 3.8) is 0 Å². The Bertz CT molecular complexity index is 466. The van der Waals surface area contributed by atoms with Crippen LogP contribution in [0.25, 0.3) is 0 Å². The summed E-state index contributed by atoms with van der Waals surface area (Å²) in [4.78, 5) is 23.0. The number of esters is 2. The second-order valence-electron chi connectivity index (χ2n) is 4.56. The predicted octanol–water partition coefficient (Wildman–Crippen LogP) is 2.60. The van der Waals surface area contributed by atoms with Crippen LogP contribution in [-0.2, 0) is 31.9 Å². The average Bonchev–Trinajstić information content (AvgIpc) is 2.38. The number of rotatable bonds is 7. The van der Waals surface area contributed by atoms with Crippen LogP contribution in [0, 0.1) is 6.92 Å². The van der Waals surface area contributed by atoms with E-state index in [1.807, 2.05) is 25.1 Å². The Morgan fingerprint density at radius 1 is 1.00 bits per heavy atom. The minimum absolute atomic E-state index is 0.213. The minimum Gasteiger partial charge on any atom is -0.466 e. The van der Waals surface area contributed by atoms with Crippen molar-refractivity contribution in [3.8, 4) is 0 Å². The highest BCUT2D eigenvalue weighted by Gasteiger charge is 2.11. The smallest absolute Gasteiger partial charge is 0.310 e. The van der Waals surface area contributed by atoms with Gasteiger partial charge in [0.15, 0.2) is 0 Å². The topological polar surface area (TPSA) is 52.6 Å². The molecule has 1 aromatic carbocycles. The summed E-state index contributed by atoms with van der Waals surface area (Å²) in [5.74, 6) is -0.453. The molecule has 0 aliphatic rings. The van der Waals surface area contributed by atoms with Crippen LogP contribution in [0.5, 0.6) is 0 Å². The van der Waals surface area contributed by atoms with Gasteiger partial charge in [0.05, 0.1) is 19.6 Å². The maximum atomic E-state index is 11.6. The molecular weight excluding hydrogens is 256 g/mol. The number of aryl methyl sites for hydroxylation is 2. The number of carbonyl (C=O) groups excluding carboxylic acids is 2. The molecule has 110 valence electrons. The molecule has 0 bridgehead atoms. The fraction of sp³-hybridized carbons (Fsp3) is 0.500. The monoisotopic (exact) mass is 278 g/mol. The van der Waals surface area contributed by atoms with E-state index in [4.69, 9.17) is 9.47 Å². The first-order chi connectivity index (χ1) is 9.56. The second kappa shape index (κ2) is 8.35. The lowest BCUT2D eigenvalue weighted by Crippen LogP contribution is -2.11. The van der Waals surface area contributed by atoms with Crippen LogP contribution in [0.15, 0.2) is 18.2 Å². The normalized spacial score (nSPS) is 10.2. The number of benzene rings is 1. The fourth-order valence-corrected chi connectivity index (χ4v) is 2.00. The third-order valence-electron chi connectivity index (χ3n) is 2.91. The highest BCUT2D eigenvalue weighted by atomic mass is 16.5. The van der Waals surface area contributed by atoms with Gasteiger partial charge in [-0.1, -0.05) is 23.8 Å². The zero-order chi connectivity index (χ0) is 15.0. The molecule has 0 N–H and O–H groups in total. The van der Waals surface area contributed by atoms with Gasteiger partial charge in [-0.2, -0.15) is 0 Å². The first-order valence-electron chi connectivity index (χ1n) is 6.96. The Labute approximate surface area is 120 Å². The molecule has 0 saturated heterocycles. The van der Waals surface area contributed by atoms with Gasteiger partial charge in [0.2, 0.25) is 0 Å². The van der Waals surface area contributed by atoms with Crippen molar-refractivity contribution < 1.29 is 19.1 Å². The zero-order valence-corrected chi connectivity index (χ0v) is 12.4. The molecule has 1 rings (SSSR count). The molecule has 0 atom stereocenters. The molecule has 0 unspecified atom stereocenters. The molecule has 4 nitrogen and oxygen atoms in total. The average molecular weight is 278 g/mol. The molecular formula is C16H22O4. The van der Waals surface area contributed by atoms with Gasteiger partial charge >= 0.3 is 11.9 Å². The highest BCUT2D eigenvalue weighted by molar-refractivity contribution is 5.73. The van der Waals surface area contributed by atoms with Gasteiger partial charge in [-0.05, 0) is 38.3 Å². The summed E-state index contributed by atoms with van der Waals surface area (Å²) in [6.45, 7) is 6.32. The third kappa shape index (κ3) is 5.43. The van der Waals surface area contributed by atoms with E-state index in [2.05, 4.69) is 0 Å². The summed E-state index contributed by atoms with van der Waals surface area (Å²) in [6.07, 6.45) is 1.15. The van der Waals surface area contributed by atoms with Crippen LogP contribution in [0.4, 0.5) is 0 Å².